The van der Waals surface area contributed by atoms with E-state index in [-0.39, 0.29) is 24.0 Å². The van der Waals surface area contributed by atoms with Gasteiger partial charge in [0.2, 0.25) is 5.91 Å². The molecule has 5 atom stereocenters. The molecule has 0 N–H and O–H groups in total. The zero-order valence-corrected chi connectivity index (χ0v) is 24.8. The summed E-state index contributed by atoms with van der Waals surface area (Å²) >= 11 is 5.01. The molecule has 2 aliphatic carbocycles. The molecule has 2 aromatic rings. The van der Waals surface area contributed by atoms with Crippen LogP contribution in [-0.4, -0.2) is 72.1 Å². The molecule has 10 heteroatoms. The van der Waals surface area contributed by atoms with Crippen LogP contribution in [-0.2, 0) is 31.0 Å². The van der Waals surface area contributed by atoms with E-state index in [1.807, 2.05) is 30.6 Å². The summed E-state index contributed by atoms with van der Waals surface area (Å²) in [5, 5.41) is 1.98. The van der Waals surface area contributed by atoms with Gasteiger partial charge in [-0.25, -0.2) is 0 Å². The molecule has 1 amide bonds. The van der Waals surface area contributed by atoms with Crippen molar-refractivity contribution in [1.29, 1.82) is 0 Å². The smallest absolute Gasteiger partial charge is 0.308 e. The van der Waals surface area contributed by atoms with Gasteiger partial charge in [-0.05, 0) is 79.0 Å². The zero-order chi connectivity index (χ0) is 27.7. The van der Waals surface area contributed by atoms with Crippen LogP contribution in [0.1, 0.15) is 49.1 Å². The number of nitrogens with zero attached hydrogens (tertiary/aromatic N) is 2. The number of likely N-dealkylation sites (tertiary alicyclic amines) is 1. The molecular formula is C29H31BrN2O6S. The molecule has 0 unspecified atom stereocenters. The summed E-state index contributed by atoms with van der Waals surface area (Å²) in [6, 6.07) is 5.47. The summed E-state index contributed by atoms with van der Waals surface area (Å²) in [6.45, 7) is 3.63. The van der Waals surface area contributed by atoms with Crippen molar-refractivity contribution >= 4 is 51.2 Å². The third-order valence-electron chi connectivity index (χ3n) is 9.05. The van der Waals surface area contributed by atoms with Crippen LogP contribution in [0.25, 0.3) is 6.08 Å². The number of amides is 1. The van der Waals surface area contributed by atoms with E-state index in [0.29, 0.717) is 37.2 Å². The van der Waals surface area contributed by atoms with Crippen LogP contribution in [0.5, 0.6) is 11.5 Å². The Kier molecular flexibility index (Phi) is 6.43. The number of thiophene rings is 1. The Morgan fingerprint density at radius 2 is 2.03 bits per heavy atom. The van der Waals surface area contributed by atoms with Gasteiger partial charge in [-0.3, -0.25) is 19.3 Å². The number of carbonyl (C=O) groups is 3. The quantitative estimate of drug-likeness (QED) is 0.281. The number of carbonyl (C=O) groups excluding carboxylic acids is 3. The highest BCUT2D eigenvalue weighted by Crippen LogP contribution is 2.67. The molecule has 6 rings (SSSR count). The lowest BCUT2D eigenvalue weighted by molar-refractivity contribution is -0.220. The number of hydrogen-bond acceptors (Lipinski definition) is 8. The van der Waals surface area contributed by atoms with E-state index in [9.17, 15) is 14.4 Å². The van der Waals surface area contributed by atoms with E-state index in [1.54, 1.807) is 28.4 Å². The molecule has 1 spiro atoms. The van der Waals surface area contributed by atoms with Gasteiger partial charge < -0.3 is 19.1 Å². The second-order valence-corrected chi connectivity index (χ2v) is 12.9. The lowest BCUT2D eigenvalue weighted by Crippen LogP contribution is -2.78. The minimum absolute atomic E-state index is 0.0293. The van der Waals surface area contributed by atoms with E-state index < -0.39 is 23.1 Å². The first-order valence-corrected chi connectivity index (χ1v) is 14.8. The van der Waals surface area contributed by atoms with Gasteiger partial charge in [0.25, 0.3) is 0 Å². The first kappa shape index (κ1) is 26.5. The molecule has 8 nitrogen and oxygen atoms in total. The zero-order valence-electron chi connectivity index (χ0n) is 22.4. The summed E-state index contributed by atoms with van der Waals surface area (Å²) < 4.78 is 19.8. The maximum absolute atomic E-state index is 13.5. The summed E-state index contributed by atoms with van der Waals surface area (Å²) in [6.07, 6.45) is 5.55. The van der Waals surface area contributed by atoms with E-state index in [1.165, 1.54) is 13.8 Å². The van der Waals surface area contributed by atoms with Gasteiger partial charge in [-0.1, -0.05) is 6.07 Å². The number of esters is 2. The van der Waals surface area contributed by atoms with E-state index >= 15 is 0 Å². The molecular weight excluding hydrogens is 584 g/mol. The average molecular weight is 616 g/mol. The van der Waals surface area contributed by atoms with Crippen LogP contribution >= 0.6 is 27.3 Å². The van der Waals surface area contributed by atoms with Crippen molar-refractivity contribution in [2.45, 2.75) is 68.7 Å². The van der Waals surface area contributed by atoms with E-state index in [2.05, 4.69) is 27.9 Å². The fourth-order valence-electron chi connectivity index (χ4n) is 7.63. The molecule has 1 aromatic carbocycles. The Labute approximate surface area is 240 Å². The SMILES string of the molecule is CC(=O)Oc1ccc2c3c1O[C@H]1[C@H](N(C)C(=O)/C=C/c4cc(Br)cs4)CC[C@@]4(OC(C)=O)[C@@H](C2)N(C)CC[C@]314. The summed E-state index contributed by atoms with van der Waals surface area (Å²) in [5.41, 5.74) is 0.597. The highest BCUT2D eigenvalue weighted by atomic mass is 79.9. The number of benzene rings is 1. The minimum atomic E-state index is -0.816. The van der Waals surface area contributed by atoms with Crippen molar-refractivity contribution in [2.24, 2.45) is 0 Å². The number of halogens is 1. The van der Waals surface area contributed by atoms with Gasteiger partial charge in [0.15, 0.2) is 11.5 Å². The molecule has 206 valence electrons. The summed E-state index contributed by atoms with van der Waals surface area (Å²) in [7, 11) is 3.90. The van der Waals surface area contributed by atoms with Gasteiger partial charge in [-0.15, -0.1) is 11.3 Å². The van der Waals surface area contributed by atoms with Crippen molar-refractivity contribution in [3.8, 4) is 11.5 Å². The van der Waals surface area contributed by atoms with Gasteiger partial charge in [0.05, 0.1) is 17.5 Å². The largest absolute Gasteiger partial charge is 0.483 e. The Balaban J connectivity index is 1.46. The monoisotopic (exact) mass is 614 g/mol. The number of rotatable bonds is 5. The fourth-order valence-corrected chi connectivity index (χ4v) is 8.97. The van der Waals surface area contributed by atoms with Crippen LogP contribution in [0.2, 0.25) is 0 Å². The van der Waals surface area contributed by atoms with Crippen molar-refractivity contribution in [2.75, 3.05) is 20.6 Å². The first-order chi connectivity index (χ1) is 18.6. The highest BCUT2D eigenvalue weighted by molar-refractivity contribution is 9.10. The molecule has 2 bridgehead atoms. The minimum Gasteiger partial charge on any atom is -0.483 e. The predicted octanol–water partition coefficient (Wildman–Crippen LogP) is 4.33. The van der Waals surface area contributed by atoms with Crippen LogP contribution in [0.4, 0.5) is 0 Å². The normalized spacial score (nSPS) is 30.4. The van der Waals surface area contributed by atoms with Crippen molar-refractivity contribution in [3.63, 3.8) is 0 Å². The summed E-state index contributed by atoms with van der Waals surface area (Å²) in [5.74, 6) is 0.0317. The lowest BCUT2D eigenvalue weighted by atomic mass is 9.48. The lowest BCUT2D eigenvalue weighted by Gasteiger charge is -2.65. The van der Waals surface area contributed by atoms with Crippen molar-refractivity contribution < 1.29 is 28.6 Å². The van der Waals surface area contributed by atoms with Crippen molar-refractivity contribution in [3.05, 3.63) is 50.1 Å². The Morgan fingerprint density at radius 1 is 1.23 bits per heavy atom. The molecule has 1 aromatic heterocycles. The maximum Gasteiger partial charge on any atom is 0.308 e. The third-order valence-corrected chi connectivity index (χ3v) is 10.7. The second-order valence-electron chi connectivity index (χ2n) is 11.0. The van der Waals surface area contributed by atoms with Gasteiger partial charge in [-0.2, -0.15) is 0 Å². The average Bonchev–Trinajstić information content (AvgIpc) is 3.45. The Bertz CT molecular complexity index is 1410. The third kappa shape index (κ3) is 3.89. The molecule has 2 fully saturated rings. The standard InChI is InChI=1S/C29H31BrN2O6S/c1-16(33)36-22-7-5-18-13-23-29(38-17(2)34)10-9-21(32(4)24(35)8-6-20-14-19(30)15-39-20)27-28(29,11-12-31(23)3)25(18)26(22)37-27/h5-8,14-15,21,23,27H,9-13H2,1-4H3/b8-6+/t21-,23-,27+,28+,29-/m1/s1. The molecule has 4 aliphatic rings. The first-order valence-electron chi connectivity index (χ1n) is 13.2. The second kappa shape index (κ2) is 9.45. The van der Waals surface area contributed by atoms with E-state index in [4.69, 9.17) is 14.2 Å². The Morgan fingerprint density at radius 3 is 2.72 bits per heavy atom. The predicted molar refractivity (Wildman–Crippen MR) is 150 cm³/mol. The number of likely N-dealkylation sites (N-methyl/N-ethyl adjacent to an activating group) is 2. The van der Waals surface area contributed by atoms with Crippen molar-refractivity contribution in [1.82, 2.24) is 9.80 Å². The maximum atomic E-state index is 13.5. The fraction of sp³-hybridized carbons (Fsp3) is 0.483. The molecule has 39 heavy (non-hydrogen) atoms. The number of piperidine rings is 1. The van der Waals surface area contributed by atoms with E-state index in [0.717, 1.165) is 27.0 Å². The van der Waals surface area contributed by atoms with Gasteiger partial charge in [0, 0.05) is 47.3 Å². The highest BCUT2D eigenvalue weighted by Gasteiger charge is 2.75. The topological polar surface area (TPSA) is 85.4 Å². The number of hydrogen-bond donors (Lipinski definition) is 0. The van der Waals surface area contributed by atoms with Crippen LogP contribution < -0.4 is 9.47 Å². The molecule has 3 heterocycles. The summed E-state index contributed by atoms with van der Waals surface area (Å²) in [4.78, 5) is 43.1. The van der Waals surface area contributed by atoms with Crippen LogP contribution in [0, 0.1) is 0 Å². The van der Waals surface area contributed by atoms with Gasteiger partial charge in [0.1, 0.15) is 11.7 Å². The molecule has 1 saturated heterocycles. The molecule has 2 aliphatic heterocycles. The number of ether oxygens (including phenoxy) is 3. The van der Waals surface area contributed by atoms with Gasteiger partial charge >= 0.3 is 11.9 Å². The van der Waals surface area contributed by atoms with Crippen LogP contribution in [0.15, 0.2) is 34.1 Å². The van der Waals surface area contributed by atoms with Crippen LogP contribution in [0.3, 0.4) is 0 Å². The Hall–Kier alpha value is -2.69. The molecule has 1 saturated carbocycles. The molecule has 0 radical (unpaired) electrons.